The minimum atomic E-state index is -0.769. The summed E-state index contributed by atoms with van der Waals surface area (Å²) in [5.41, 5.74) is 0. The molecule has 0 spiro atoms. The van der Waals surface area contributed by atoms with E-state index in [1.807, 2.05) is 0 Å². The van der Waals surface area contributed by atoms with Gasteiger partial charge in [0.15, 0.2) is 6.10 Å². The Bertz CT molecular complexity index is 1290. The lowest BCUT2D eigenvalue weighted by Crippen LogP contribution is -2.30. The molecule has 0 amide bonds. The lowest BCUT2D eigenvalue weighted by atomic mass is 10.0. The van der Waals surface area contributed by atoms with Crippen molar-refractivity contribution in [2.75, 3.05) is 13.2 Å². The van der Waals surface area contributed by atoms with Crippen LogP contribution in [0, 0.1) is 0 Å². The van der Waals surface area contributed by atoms with Crippen LogP contribution in [0.2, 0.25) is 0 Å². The molecule has 0 aliphatic heterocycles. The van der Waals surface area contributed by atoms with Crippen LogP contribution in [0.3, 0.4) is 0 Å². The van der Waals surface area contributed by atoms with Gasteiger partial charge in [-0.2, -0.15) is 0 Å². The Hall–Kier alpha value is -2.89. The SMILES string of the molecule is CC/C=C\C/C=C\C/C=C\C/C=C\C/C=C\CCCCCCCCCCCCCCCC(=O)OCC(COC(=O)CCCCCCCCCCCCCC)OC(=O)CCCCCCCCCCCCCCC. The van der Waals surface area contributed by atoms with Gasteiger partial charge in [-0.1, -0.05) is 300 Å². The van der Waals surface area contributed by atoms with Crippen LogP contribution in [0.4, 0.5) is 0 Å². The first-order valence-corrected chi connectivity index (χ1v) is 31.3. The third-order valence-corrected chi connectivity index (χ3v) is 13.8. The normalized spacial score (nSPS) is 12.4. The minimum Gasteiger partial charge on any atom is -0.462 e. The molecule has 0 heterocycles. The Morgan fingerprint density at radius 2 is 0.542 bits per heavy atom. The number of carbonyl (C=O) groups is 3. The molecule has 418 valence electrons. The predicted molar refractivity (Wildman–Crippen MR) is 312 cm³/mol. The van der Waals surface area contributed by atoms with E-state index in [1.165, 1.54) is 193 Å². The van der Waals surface area contributed by atoms with Crippen molar-refractivity contribution in [2.45, 2.75) is 329 Å². The van der Waals surface area contributed by atoms with E-state index in [0.29, 0.717) is 19.3 Å². The molecule has 0 aliphatic carbocycles. The summed E-state index contributed by atoms with van der Waals surface area (Å²) in [6.45, 7) is 6.56. The number of esters is 3. The van der Waals surface area contributed by atoms with Gasteiger partial charge in [-0.05, 0) is 64.2 Å². The first kappa shape index (κ1) is 69.1. The number of hydrogen-bond donors (Lipinski definition) is 0. The summed E-state index contributed by atoms with van der Waals surface area (Å²) >= 11 is 0. The molecule has 0 fully saturated rings. The third-order valence-electron chi connectivity index (χ3n) is 13.8. The maximum atomic E-state index is 12.8. The Labute approximate surface area is 447 Å². The van der Waals surface area contributed by atoms with Crippen molar-refractivity contribution in [1.29, 1.82) is 0 Å². The molecule has 72 heavy (non-hydrogen) atoms. The third kappa shape index (κ3) is 58.0. The van der Waals surface area contributed by atoms with E-state index in [1.54, 1.807) is 0 Å². The van der Waals surface area contributed by atoms with E-state index in [2.05, 4.69) is 81.5 Å². The number of carbonyl (C=O) groups excluding carboxylic acids is 3. The van der Waals surface area contributed by atoms with Gasteiger partial charge in [0.1, 0.15) is 13.2 Å². The second-order valence-corrected chi connectivity index (χ2v) is 21.0. The minimum absolute atomic E-state index is 0.0683. The highest BCUT2D eigenvalue weighted by atomic mass is 16.6. The molecule has 0 aromatic rings. The van der Waals surface area contributed by atoms with Crippen LogP contribution in [0.5, 0.6) is 0 Å². The fourth-order valence-corrected chi connectivity index (χ4v) is 9.12. The van der Waals surface area contributed by atoms with Gasteiger partial charge in [-0.3, -0.25) is 14.4 Å². The summed E-state index contributed by atoms with van der Waals surface area (Å²) in [7, 11) is 0. The molecule has 6 heteroatoms. The van der Waals surface area contributed by atoms with Gasteiger partial charge in [0.2, 0.25) is 0 Å². The summed E-state index contributed by atoms with van der Waals surface area (Å²) < 4.78 is 16.9. The van der Waals surface area contributed by atoms with Crippen molar-refractivity contribution in [3.05, 3.63) is 60.8 Å². The number of unbranched alkanes of at least 4 members (excludes halogenated alkanes) is 36. The Balaban J connectivity index is 4.16. The molecule has 0 rings (SSSR count). The van der Waals surface area contributed by atoms with Crippen LogP contribution in [0.25, 0.3) is 0 Å². The van der Waals surface area contributed by atoms with E-state index >= 15 is 0 Å². The molecule has 0 saturated carbocycles. The first-order chi connectivity index (χ1) is 35.5. The van der Waals surface area contributed by atoms with Crippen LogP contribution in [-0.4, -0.2) is 37.2 Å². The van der Waals surface area contributed by atoms with Gasteiger partial charge in [0.05, 0.1) is 0 Å². The second-order valence-electron chi connectivity index (χ2n) is 21.0. The molecule has 6 nitrogen and oxygen atoms in total. The van der Waals surface area contributed by atoms with Crippen molar-refractivity contribution in [3.8, 4) is 0 Å². The van der Waals surface area contributed by atoms with Gasteiger partial charge in [0.25, 0.3) is 0 Å². The second kappa shape index (κ2) is 60.7. The Kier molecular flexibility index (Phi) is 58.2. The summed E-state index contributed by atoms with van der Waals surface area (Å²) in [5.74, 6) is -0.852. The molecule has 0 saturated heterocycles. The molecule has 0 radical (unpaired) electrons. The molecule has 1 atom stereocenters. The highest BCUT2D eigenvalue weighted by Crippen LogP contribution is 2.17. The molecule has 0 bridgehead atoms. The predicted octanol–water partition coefficient (Wildman–Crippen LogP) is 21.2. The molecular weight excluding hydrogens is 889 g/mol. The maximum Gasteiger partial charge on any atom is 0.306 e. The molecular formula is C66H118O6. The largest absolute Gasteiger partial charge is 0.462 e. The van der Waals surface area contributed by atoms with E-state index in [4.69, 9.17) is 14.2 Å². The zero-order chi connectivity index (χ0) is 52.2. The van der Waals surface area contributed by atoms with Crippen LogP contribution < -0.4 is 0 Å². The fourth-order valence-electron chi connectivity index (χ4n) is 9.12. The van der Waals surface area contributed by atoms with Gasteiger partial charge in [-0.25, -0.2) is 0 Å². The van der Waals surface area contributed by atoms with Gasteiger partial charge >= 0.3 is 17.9 Å². The van der Waals surface area contributed by atoms with Crippen LogP contribution in [0.1, 0.15) is 323 Å². The lowest BCUT2D eigenvalue weighted by Gasteiger charge is -2.18. The fraction of sp³-hybridized carbons (Fsp3) is 0.803. The number of rotatable bonds is 57. The zero-order valence-corrected chi connectivity index (χ0v) is 47.9. The number of allylic oxidation sites excluding steroid dienone is 10. The summed E-state index contributed by atoms with van der Waals surface area (Å²) in [6.07, 6.45) is 76.6. The Morgan fingerprint density at radius 3 is 0.847 bits per heavy atom. The van der Waals surface area contributed by atoms with Crippen molar-refractivity contribution in [3.63, 3.8) is 0 Å². The Morgan fingerprint density at radius 1 is 0.292 bits per heavy atom. The van der Waals surface area contributed by atoms with Crippen molar-refractivity contribution in [1.82, 2.24) is 0 Å². The highest BCUT2D eigenvalue weighted by molar-refractivity contribution is 5.71. The van der Waals surface area contributed by atoms with Crippen LogP contribution >= 0.6 is 0 Å². The van der Waals surface area contributed by atoms with E-state index in [9.17, 15) is 14.4 Å². The van der Waals surface area contributed by atoms with Crippen molar-refractivity contribution in [2.24, 2.45) is 0 Å². The topological polar surface area (TPSA) is 78.9 Å². The van der Waals surface area contributed by atoms with Gasteiger partial charge in [0, 0.05) is 19.3 Å². The average Bonchev–Trinajstić information content (AvgIpc) is 3.38. The smallest absolute Gasteiger partial charge is 0.306 e. The van der Waals surface area contributed by atoms with Crippen molar-refractivity contribution < 1.29 is 28.6 Å². The van der Waals surface area contributed by atoms with Crippen molar-refractivity contribution >= 4 is 17.9 Å². The van der Waals surface area contributed by atoms with Gasteiger partial charge < -0.3 is 14.2 Å². The lowest BCUT2D eigenvalue weighted by molar-refractivity contribution is -0.167. The van der Waals surface area contributed by atoms with E-state index in [0.717, 1.165) is 89.9 Å². The quantitative estimate of drug-likeness (QED) is 0.0261. The molecule has 0 aromatic carbocycles. The van der Waals surface area contributed by atoms with E-state index < -0.39 is 6.10 Å². The molecule has 0 N–H and O–H groups in total. The molecule has 0 aromatic heterocycles. The highest BCUT2D eigenvalue weighted by Gasteiger charge is 2.19. The molecule has 1 unspecified atom stereocenters. The average molecular weight is 1010 g/mol. The first-order valence-electron chi connectivity index (χ1n) is 31.3. The summed E-state index contributed by atoms with van der Waals surface area (Å²) in [5, 5.41) is 0. The maximum absolute atomic E-state index is 12.8. The zero-order valence-electron chi connectivity index (χ0n) is 47.9. The monoisotopic (exact) mass is 1010 g/mol. The molecule has 0 aliphatic rings. The van der Waals surface area contributed by atoms with Gasteiger partial charge in [-0.15, -0.1) is 0 Å². The number of ether oxygens (including phenoxy) is 3. The standard InChI is InChI=1S/C66H118O6/c1-4-7-10-13-16-19-22-25-26-27-28-29-30-31-32-33-34-35-36-37-38-39-40-42-44-47-50-53-56-59-65(68)71-62-63(61-70-64(67)58-55-52-49-46-43-24-21-18-15-12-9-6-3)72-66(69)60-57-54-51-48-45-41-23-20-17-14-11-8-5-2/h7,10,16,19,25-26,28-29,31-32,63H,4-6,8-9,11-15,17-18,20-24,27,30,33-62H2,1-3H3/b10-7-,19-16-,26-25-,29-28-,32-31-. The van der Waals surface area contributed by atoms with Crippen LogP contribution in [-0.2, 0) is 28.6 Å². The summed E-state index contributed by atoms with van der Waals surface area (Å²) in [6, 6.07) is 0. The summed E-state index contributed by atoms with van der Waals surface area (Å²) in [4.78, 5) is 38.2. The van der Waals surface area contributed by atoms with E-state index in [-0.39, 0.29) is 31.1 Å². The van der Waals surface area contributed by atoms with Crippen LogP contribution in [0.15, 0.2) is 60.8 Å². The number of hydrogen-bond acceptors (Lipinski definition) is 6.